The average Bonchev–Trinajstić information content (AvgIpc) is 2.93. The van der Waals surface area contributed by atoms with E-state index in [0.29, 0.717) is 18.5 Å². The number of aryl methyl sites for hydroxylation is 1. The molecule has 1 aromatic rings. The van der Waals surface area contributed by atoms with Gasteiger partial charge in [0.2, 0.25) is 5.91 Å². The molecule has 142 valence electrons. The Balaban J connectivity index is 1.86. The maximum atomic E-state index is 12.3. The van der Waals surface area contributed by atoms with E-state index in [1.807, 2.05) is 19.1 Å². The van der Waals surface area contributed by atoms with Crippen LogP contribution in [0.4, 0.5) is 15.3 Å². The van der Waals surface area contributed by atoms with E-state index < -0.39 is 17.8 Å². The Morgan fingerprint density at radius 3 is 2.50 bits per heavy atom. The number of hydrogen-bond donors (Lipinski definition) is 1. The van der Waals surface area contributed by atoms with Crippen molar-refractivity contribution in [1.82, 2.24) is 4.90 Å². The van der Waals surface area contributed by atoms with Gasteiger partial charge in [0.15, 0.2) is 0 Å². The third-order valence-corrected chi connectivity index (χ3v) is 3.93. The van der Waals surface area contributed by atoms with Gasteiger partial charge in [0.25, 0.3) is 0 Å². The Bertz CT molecular complexity index is 664. The predicted molar refractivity (Wildman–Crippen MR) is 96.9 cm³/mol. The van der Waals surface area contributed by atoms with Gasteiger partial charge < -0.3 is 9.47 Å². The van der Waals surface area contributed by atoms with Crippen molar-refractivity contribution in [1.29, 1.82) is 0 Å². The Kier molecular flexibility index (Phi) is 6.23. The number of anilines is 1. The minimum atomic E-state index is -0.558. The number of nitrogens with one attached hydrogen (secondary N) is 1. The first kappa shape index (κ1) is 19.8. The number of imide groups is 1. The second-order valence-corrected chi connectivity index (χ2v) is 7.23. The Morgan fingerprint density at radius 2 is 1.92 bits per heavy atom. The van der Waals surface area contributed by atoms with Crippen molar-refractivity contribution >= 4 is 23.8 Å². The number of carbonyl (C=O) groups excluding carboxylic acids is 3. The van der Waals surface area contributed by atoms with E-state index in [0.717, 1.165) is 5.56 Å². The third kappa shape index (κ3) is 5.47. The van der Waals surface area contributed by atoms with E-state index in [-0.39, 0.29) is 25.0 Å². The topological polar surface area (TPSA) is 84.9 Å². The fourth-order valence-corrected chi connectivity index (χ4v) is 2.61. The molecule has 0 bridgehead atoms. The van der Waals surface area contributed by atoms with Gasteiger partial charge in [-0.1, -0.05) is 19.1 Å². The lowest BCUT2D eigenvalue weighted by atomic mass is 10.1. The molecule has 1 aliphatic heterocycles. The summed E-state index contributed by atoms with van der Waals surface area (Å²) < 4.78 is 10.1. The highest BCUT2D eigenvalue weighted by molar-refractivity contribution is 5.93. The summed E-state index contributed by atoms with van der Waals surface area (Å²) in [5.74, 6) is -0.227. The minimum Gasteiger partial charge on any atom is -0.447 e. The van der Waals surface area contributed by atoms with E-state index in [1.165, 1.54) is 4.90 Å². The molecule has 7 nitrogen and oxygen atoms in total. The van der Waals surface area contributed by atoms with Gasteiger partial charge >= 0.3 is 12.2 Å². The summed E-state index contributed by atoms with van der Waals surface area (Å²) in [6.07, 6.45) is 0.343. The largest absolute Gasteiger partial charge is 0.447 e. The van der Waals surface area contributed by atoms with Crippen LogP contribution >= 0.6 is 0 Å². The Labute approximate surface area is 153 Å². The van der Waals surface area contributed by atoms with Crippen molar-refractivity contribution in [3.05, 3.63) is 29.8 Å². The summed E-state index contributed by atoms with van der Waals surface area (Å²) in [5, 5.41) is 2.66. The average molecular weight is 362 g/mol. The summed E-state index contributed by atoms with van der Waals surface area (Å²) in [6, 6.07) is 7.00. The lowest BCUT2D eigenvalue weighted by molar-refractivity contribution is -0.129. The SMILES string of the molecule is CC[C@@H]1COC(=O)N1C(=O)CCc1ccc(NC(=O)OC(C)(C)C)cc1. The van der Waals surface area contributed by atoms with Crippen LogP contribution in [0.3, 0.4) is 0 Å². The molecule has 0 unspecified atom stereocenters. The van der Waals surface area contributed by atoms with E-state index in [2.05, 4.69) is 5.32 Å². The molecule has 1 N–H and O–H groups in total. The zero-order valence-corrected chi connectivity index (χ0v) is 15.7. The molecule has 7 heteroatoms. The van der Waals surface area contributed by atoms with Gasteiger partial charge in [-0.2, -0.15) is 0 Å². The highest BCUT2D eigenvalue weighted by Gasteiger charge is 2.36. The number of carbonyl (C=O) groups is 3. The molecule has 0 radical (unpaired) electrons. The van der Waals surface area contributed by atoms with Crippen LogP contribution < -0.4 is 5.32 Å². The third-order valence-electron chi connectivity index (χ3n) is 3.93. The first-order valence-corrected chi connectivity index (χ1v) is 8.77. The smallest absolute Gasteiger partial charge is 0.416 e. The first-order chi connectivity index (χ1) is 12.2. The molecule has 1 fully saturated rings. The van der Waals surface area contributed by atoms with Crippen LogP contribution in [0.2, 0.25) is 0 Å². The highest BCUT2D eigenvalue weighted by atomic mass is 16.6. The summed E-state index contributed by atoms with van der Waals surface area (Å²) in [5.41, 5.74) is 0.995. The molecule has 26 heavy (non-hydrogen) atoms. The normalized spacial score (nSPS) is 17.0. The molecule has 0 aliphatic carbocycles. The molecular formula is C19H26N2O5. The van der Waals surface area contributed by atoms with Gasteiger partial charge in [-0.25, -0.2) is 14.5 Å². The van der Waals surface area contributed by atoms with Crippen LogP contribution in [0.1, 0.15) is 46.1 Å². The van der Waals surface area contributed by atoms with E-state index in [1.54, 1.807) is 32.9 Å². The Hall–Kier alpha value is -2.57. The van der Waals surface area contributed by atoms with Gasteiger partial charge in [-0.15, -0.1) is 0 Å². The van der Waals surface area contributed by atoms with Crippen molar-refractivity contribution in [3.8, 4) is 0 Å². The molecule has 2 rings (SSSR count). The van der Waals surface area contributed by atoms with Crippen molar-refractivity contribution in [2.45, 2.75) is 58.6 Å². The predicted octanol–water partition coefficient (Wildman–Crippen LogP) is 3.72. The summed E-state index contributed by atoms with van der Waals surface area (Å²) >= 11 is 0. The molecular weight excluding hydrogens is 336 g/mol. The minimum absolute atomic E-state index is 0.171. The van der Waals surface area contributed by atoms with Crippen LogP contribution in [0.15, 0.2) is 24.3 Å². The molecule has 1 saturated heterocycles. The number of hydrogen-bond acceptors (Lipinski definition) is 5. The summed E-state index contributed by atoms with van der Waals surface area (Å²) in [7, 11) is 0. The fourth-order valence-electron chi connectivity index (χ4n) is 2.61. The second kappa shape index (κ2) is 8.21. The molecule has 0 saturated carbocycles. The van der Waals surface area contributed by atoms with Crippen LogP contribution in [0.5, 0.6) is 0 Å². The van der Waals surface area contributed by atoms with Gasteiger partial charge in [-0.3, -0.25) is 10.1 Å². The zero-order valence-electron chi connectivity index (χ0n) is 15.7. The monoisotopic (exact) mass is 362 g/mol. The van der Waals surface area contributed by atoms with Crippen molar-refractivity contribution in [2.75, 3.05) is 11.9 Å². The van der Waals surface area contributed by atoms with Crippen LogP contribution in [0.25, 0.3) is 0 Å². The van der Waals surface area contributed by atoms with Gasteiger partial charge in [-0.05, 0) is 51.3 Å². The second-order valence-electron chi connectivity index (χ2n) is 7.23. The fraction of sp³-hybridized carbons (Fsp3) is 0.526. The number of cyclic esters (lactones) is 1. The number of nitrogens with zero attached hydrogens (tertiary/aromatic N) is 1. The number of benzene rings is 1. The van der Waals surface area contributed by atoms with Crippen LogP contribution in [-0.4, -0.2) is 41.2 Å². The summed E-state index contributed by atoms with van der Waals surface area (Å²) in [6.45, 7) is 7.58. The molecule has 0 aromatic heterocycles. The number of amides is 3. The first-order valence-electron chi connectivity index (χ1n) is 8.77. The molecule has 1 aromatic carbocycles. The van der Waals surface area contributed by atoms with Crippen LogP contribution in [-0.2, 0) is 20.7 Å². The molecule has 1 heterocycles. The van der Waals surface area contributed by atoms with E-state index >= 15 is 0 Å². The molecule has 0 spiro atoms. The molecule has 1 atom stereocenters. The lowest BCUT2D eigenvalue weighted by Crippen LogP contribution is -2.38. The van der Waals surface area contributed by atoms with Gasteiger partial charge in [0, 0.05) is 12.1 Å². The van der Waals surface area contributed by atoms with Gasteiger partial charge in [0.05, 0.1) is 6.04 Å². The number of ether oxygens (including phenoxy) is 2. The number of rotatable bonds is 5. The van der Waals surface area contributed by atoms with E-state index in [4.69, 9.17) is 9.47 Å². The highest BCUT2D eigenvalue weighted by Crippen LogP contribution is 2.18. The molecule has 3 amide bonds. The zero-order chi connectivity index (χ0) is 19.3. The van der Waals surface area contributed by atoms with Crippen molar-refractivity contribution in [2.24, 2.45) is 0 Å². The van der Waals surface area contributed by atoms with Crippen molar-refractivity contribution < 1.29 is 23.9 Å². The standard InChI is InChI=1S/C19H26N2O5/c1-5-15-12-25-18(24)21(15)16(22)11-8-13-6-9-14(10-7-13)20-17(23)26-19(2,3)4/h6-7,9-10,15H,5,8,11-12H2,1-4H3,(H,20,23)/t15-/m1/s1. The molecule has 1 aliphatic rings. The summed E-state index contributed by atoms with van der Waals surface area (Å²) in [4.78, 5) is 36.9. The Morgan fingerprint density at radius 1 is 1.27 bits per heavy atom. The van der Waals surface area contributed by atoms with Crippen molar-refractivity contribution in [3.63, 3.8) is 0 Å². The quantitative estimate of drug-likeness (QED) is 0.863. The maximum Gasteiger partial charge on any atom is 0.416 e. The van der Waals surface area contributed by atoms with Gasteiger partial charge in [0.1, 0.15) is 12.2 Å². The van der Waals surface area contributed by atoms with E-state index in [9.17, 15) is 14.4 Å². The lowest BCUT2D eigenvalue weighted by Gasteiger charge is -2.19. The maximum absolute atomic E-state index is 12.3. The van der Waals surface area contributed by atoms with Crippen LogP contribution in [0, 0.1) is 0 Å².